The Bertz CT molecular complexity index is 1320. The molecule has 9 nitrogen and oxygen atoms in total. The average molecular weight is 555 g/mol. The molecule has 0 aliphatic carbocycles. The Hall–Kier alpha value is -3.57. The highest BCUT2D eigenvalue weighted by atomic mass is 19.1. The topological polar surface area (TPSA) is 90.0 Å². The van der Waals surface area contributed by atoms with Crippen LogP contribution in [0.4, 0.5) is 14.6 Å². The standard InChI is InChI=1S/C29H36F2N6O3/c1-5-22(38)35-12-13-36-19(16-35)17-40-26-23(28(36)39)27(34-25(24(26)31)20-8-6-7-9-21(20)30)37-15-18(14-29(37,2)3)33-11-10-32-4/h5-9,18-19,32-33H,1,10-17H2,2-4H3/t18?,19-/m1/s1. The molecule has 2 N–H and O–H groups in total. The van der Waals surface area contributed by atoms with Gasteiger partial charge in [0.2, 0.25) is 5.91 Å². The number of halogens is 2. The second kappa shape index (κ2) is 11.1. The smallest absolute Gasteiger partial charge is 0.262 e. The molecule has 3 aliphatic heterocycles. The zero-order valence-electron chi connectivity index (χ0n) is 23.2. The Morgan fingerprint density at radius 1 is 1.23 bits per heavy atom. The van der Waals surface area contributed by atoms with Crippen LogP contribution in [0, 0.1) is 11.6 Å². The first-order valence-corrected chi connectivity index (χ1v) is 13.7. The number of hydrogen-bond donors (Lipinski definition) is 2. The van der Waals surface area contributed by atoms with Gasteiger partial charge in [0.25, 0.3) is 5.91 Å². The van der Waals surface area contributed by atoms with E-state index in [1.165, 1.54) is 24.3 Å². The van der Waals surface area contributed by atoms with Gasteiger partial charge in [0.05, 0.1) is 6.04 Å². The van der Waals surface area contributed by atoms with Crippen molar-refractivity contribution in [3.05, 3.63) is 54.1 Å². The third kappa shape index (κ3) is 5.03. The summed E-state index contributed by atoms with van der Waals surface area (Å²) in [7, 11) is 1.89. The minimum absolute atomic E-state index is 0.00878. The minimum atomic E-state index is -0.878. The SMILES string of the molecule is C=CC(=O)N1CCN2C(=O)c3c(N4CC(NCCNC)CC4(C)C)nc(-c4ccccc4F)c(F)c3OC[C@H]2C1. The number of ether oxygens (including phenoxy) is 1. The lowest BCUT2D eigenvalue weighted by molar-refractivity contribution is -0.128. The van der Waals surface area contributed by atoms with Crippen LogP contribution in [0.1, 0.15) is 30.6 Å². The summed E-state index contributed by atoms with van der Waals surface area (Å²) in [5.74, 6) is -2.11. The Labute approximate surface area is 233 Å². The number of fused-ring (bicyclic) bond motifs is 2. The van der Waals surface area contributed by atoms with Crippen LogP contribution in [-0.2, 0) is 4.79 Å². The van der Waals surface area contributed by atoms with Gasteiger partial charge in [0, 0.05) is 56.4 Å². The largest absolute Gasteiger partial charge is 0.487 e. The molecule has 5 rings (SSSR count). The second-order valence-corrected chi connectivity index (χ2v) is 11.1. The van der Waals surface area contributed by atoms with Crippen molar-refractivity contribution >= 4 is 17.6 Å². The number of rotatable bonds is 7. The number of hydrogen-bond acceptors (Lipinski definition) is 7. The fourth-order valence-corrected chi connectivity index (χ4v) is 5.96. The highest BCUT2D eigenvalue weighted by Crippen LogP contribution is 2.43. The molecule has 3 aliphatic rings. The molecule has 2 aromatic rings. The number of pyridine rings is 1. The van der Waals surface area contributed by atoms with Crippen molar-refractivity contribution in [1.29, 1.82) is 0 Å². The number of nitrogens with zero attached hydrogens (tertiary/aromatic N) is 4. The lowest BCUT2D eigenvalue weighted by Gasteiger charge is -2.40. The number of likely N-dealkylation sites (N-methyl/N-ethyl adjacent to an activating group) is 1. The Balaban J connectivity index is 1.62. The summed E-state index contributed by atoms with van der Waals surface area (Å²) in [4.78, 5) is 36.4. The van der Waals surface area contributed by atoms with Gasteiger partial charge in [-0.3, -0.25) is 9.59 Å². The summed E-state index contributed by atoms with van der Waals surface area (Å²) in [5, 5.41) is 6.66. The van der Waals surface area contributed by atoms with E-state index in [0.717, 1.165) is 19.5 Å². The number of carbonyl (C=O) groups excluding carboxylic acids is 2. The van der Waals surface area contributed by atoms with Crippen LogP contribution in [0.3, 0.4) is 0 Å². The van der Waals surface area contributed by atoms with Gasteiger partial charge >= 0.3 is 0 Å². The van der Waals surface area contributed by atoms with Crippen LogP contribution in [0.25, 0.3) is 11.3 Å². The summed E-state index contributed by atoms with van der Waals surface area (Å²) in [6.45, 7) is 10.6. The normalized spacial score (nSPS) is 21.9. The molecule has 1 aromatic heterocycles. The number of nitrogens with one attached hydrogen (secondary N) is 2. The van der Waals surface area contributed by atoms with Gasteiger partial charge in [-0.1, -0.05) is 18.7 Å². The summed E-state index contributed by atoms with van der Waals surface area (Å²) < 4.78 is 37.2. The van der Waals surface area contributed by atoms with E-state index in [1.807, 2.05) is 11.9 Å². The minimum Gasteiger partial charge on any atom is -0.487 e. The van der Waals surface area contributed by atoms with E-state index in [4.69, 9.17) is 4.74 Å². The first kappa shape index (κ1) is 28.0. The van der Waals surface area contributed by atoms with Crippen molar-refractivity contribution in [3.8, 4) is 17.0 Å². The zero-order valence-corrected chi connectivity index (χ0v) is 23.2. The van der Waals surface area contributed by atoms with Crippen LogP contribution in [0.15, 0.2) is 36.9 Å². The van der Waals surface area contributed by atoms with E-state index in [1.54, 1.807) is 15.9 Å². The molecule has 40 heavy (non-hydrogen) atoms. The zero-order chi connectivity index (χ0) is 28.6. The first-order valence-electron chi connectivity index (χ1n) is 13.7. The quantitative estimate of drug-likeness (QED) is 0.402. The van der Waals surface area contributed by atoms with Gasteiger partial charge in [-0.2, -0.15) is 0 Å². The fraction of sp³-hybridized carbons (Fsp3) is 0.483. The van der Waals surface area contributed by atoms with Crippen molar-refractivity contribution in [2.24, 2.45) is 0 Å². The van der Waals surface area contributed by atoms with Gasteiger partial charge in [0.1, 0.15) is 29.5 Å². The summed E-state index contributed by atoms with van der Waals surface area (Å²) in [5.41, 5.74) is -0.618. The van der Waals surface area contributed by atoms with Crippen molar-refractivity contribution < 1.29 is 23.1 Å². The molecule has 11 heteroatoms. The van der Waals surface area contributed by atoms with Crippen molar-refractivity contribution in [2.45, 2.75) is 37.9 Å². The van der Waals surface area contributed by atoms with Crippen molar-refractivity contribution in [3.63, 3.8) is 0 Å². The Morgan fingerprint density at radius 3 is 2.73 bits per heavy atom. The van der Waals surface area contributed by atoms with Gasteiger partial charge in [-0.25, -0.2) is 13.8 Å². The predicted octanol–water partition coefficient (Wildman–Crippen LogP) is 2.42. The molecular weight excluding hydrogens is 518 g/mol. The number of anilines is 1. The van der Waals surface area contributed by atoms with E-state index < -0.39 is 29.1 Å². The van der Waals surface area contributed by atoms with Gasteiger partial charge in [-0.15, -0.1) is 0 Å². The predicted molar refractivity (Wildman–Crippen MR) is 148 cm³/mol. The van der Waals surface area contributed by atoms with E-state index in [0.29, 0.717) is 13.1 Å². The maximum atomic E-state index is 16.2. The van der Waals surface area contributed by atoms with Crippen LogP contribution in [0.2, 0.25) is 0 Å². The van der Waals surface area contributed by atoms with Crippen molar-refractivity contribution in [2.75, 3.05) is 57.8 Å². The molecule has 1 aromatic carbocycles. The molecule has 2 atom stereocenters. The molecule has 0 bridgehead atoms. The lowest BCUT2D eigenvalue weighted by Crippen LogP contribution is -2.57. The molecule has 4 heterocycles. The lowest BCUT2D eigenvalue weighted by atomic mass is 9.99. The van der Waals surface area contributed by atoms with E-state index >= 15 is 4.39 Å². The Kier molecular flexibility index (Phi) is 7.78. The molecule has 0 radical (unpaired) electrons. The third-order valence-electron chi connectivity index (χ3n) is 8.01. The molecule has 0 spiro atoms. The maximum Gasteiger partial charge on any atom is 0.262 e. The maximum absolute atomic E-state index is 16.2. The third-order valence-corrected chi connectivity index (χ3v) is 8.01. The molecule has 2 fully saturated rings. The highest BCUT2D eigenvalue weighted by molar-refractivity contribution is 6.03. The van der Waals surface area contributed by atoms with E-state index in [2.05, 4.69) is 36.0 Å². The number of piperazine rings is 1. The summed E-state index contributed by atoms with van der Waals surface area (Å²) in [6, 6.07) is 5.48. The van der Waals surface area contributed by atoms with Crippen LogP contribution >= 0.6 is 0 Å². The summed E-state index contributed by atoms with van der Waals surface area (Å²) >= 11 is 0. The highest BCUT2D eigenvalue weighted by Gasteiger charge is 2.45. The number of aromatic nitrogens is 1. The number of benzene rings is 1. The molecule has 1 unspecified atom stereocenters. The molecule has 2 saturated heterocycles. The molecule has 0 saturated carbocycles. The monoisotopic (exact) mass is 554 g/mol. The fourth-order valence-electron chi connectivity index (χ4n) is 5.96. The molecular formula is C29H36F2N6O3. The number of carbonyl (C=O) groups is 2. The summed E-state index contributed by atoms with van der Waals surface area (Å²) in [6.07, 6.45) is 2.00. The van der Waals surface area contributed by atoms with Crippen molar-refractivity contribution in [1.82, 2.24) is 25.4 Å². The average Bonchev–Trinajstić information content (AvgIpc) is 3.16. The van der Waals surface area contributed by atoms with E-state index in [-0.39, 0.29) is 60.0 Å². The Morgan fingerprint density at radius 2 is 2.00 bits per heavy atom. The van der Waals surface area contributed by atoms with Crippen LogP contribution in [0.5, 0.6) is 5.75 Å². The second-order valence-electron chi connectivity index (χ2n) is 11.1. The molecule has 214 valence electrons. The first-order chi connectivity index (χ1) is 19.2. The van der Waals surface area contributed by atoms with Crippen LogP contribution in [-0.4, -0.2) is 97.1 Å². The van der Waals surface area contributed by atoms with Gasteiger partial charge in [-0.05, 0) is 45.5 Å². The van der Waals surface area contributed by atoms with E-state index in [9.17, 15) is 14.0 Å². The van der Waals surface area contributed by atoms with Crippen LogP contribution < -0.4 is 20.3 Å². The molecule has 2 amide bonds. The number of amides is 2. The van der Waals surface area contributed by atoms with Gasteiger partial charge in [0.15, 0.2) is 11.6 Å². The van der Waals surface area contributed by atoms with Gasteiger partial charge < -0.3 is 30.1 Å².